The van der Waals surface area contributed by atoms with Crippen molar-refractivity contribution in [1.29, 1.82) is 0 Å². The van der Waals surface area contributed by atoms with Crippen molar-refractivity contribution in [2.45, 2.75) is 45.4 Å². The van der Waals surface area contributed by atoms with E-state index in [4.69, 9.17) is 26.8 Å². The molecule has 26 heavy (non-hydrogen) atoms. The van der Waals surface area contributed by atoms with Crippen molar-refractivity contribution in [3.05, 3.63) is 23.2 Å². The number of hydrogen-bond donors (Lipinski definition) is 2. The lowest BCUT2D eigenvalue weighted by Gasteiger charge is -2.35. The van der Waals surface area contributed by atoms with E-state index in [-0.39, 0.29) is 23.7 Å². The minimum atomic E-state index is -0.0725. The first kappa shape index (κ1) is 23.0. The van der Waals surface area contributed by atoms with Crippen molar-refractivity contribution >= 4 is 35.6 Å². The zero-order valence-electron chi connectivity index (χ0n) is 15.4. The van der Waals surface area contributed by atoms with E-state index >= 15 is 0 Å². The van der Waals surface area contributed by atoms with Gasteiger partial charge in [-0.1, -0.05) is 30.9 Å². The molecular formula is C19H30Cl2N2O3. The highest BCUT2D eigenvalue weighted by molar-refractivity contribution is 6.31. The van der Waals surface area contributed by atoms with Crippen LogP contribution in [0.25, 0.3) is 0 Å². The largest absolute Gasteiger partial charge is 0.489 e. The Kier molecular flexibility index (Phi) is 10.3. The highest BCUT2D eigenvalue weighted by Gasteiger charge is 2.33. The number of hydrogen-bond acceptors (Lipinski definition) is 4. The van der Waals surface area contributed by atoms with Crippen molar-refractivity contribution in [3.8, 4) is 5.75 Å². The second kappa shape index (κ2) is 11.7. The fourth-order valence-electron chi connectivity index (χ4n) is 3.37. The summed E-state index contributed by atoms with van der Waals surface area (Å²) in [6.07, 6.45) is 6.00. The van der Waals surface area contributed by atoms with Crippen LogP contribution in [0.2, 0.25) is 5.02 Å². The molecule has 7 heteroatoms. The summed E-state index contributed by atoms with van der Waals surface area (Å²) in [5.74, 6) is 0.562. The van der Waals surface area contributed by atoms with E-state index in [1.54, 1.807) is 18.2 Å². The van der Waals surface area contributed by atoms with Crippen LogP contribution in [-0.4, -0.2) is 32.3 Å². The van der Waals surface area contributed by atoms with E-state index in [9.17, 15) is 4.79 Å². The smallest absolute Gasteiger partial charge is 0.225 e. The maximum Gasteiger partial charge on any atom is 0.225 e. The van der Waals surface area contributed by atoms with Crippen LogP contribution in [0, 0.1) is 5.41 Å². The molecule has 5 nitrogen and oxygen atoms in total. The zero-order chi connectivity index (χ0) is 18.1. The Labute approximate surface area is 167 Å². The van der Waals surface area contributed by atoms with Gasteiger partial charge in [-0.15, -0.1) is 12.4 Å². The fraction of sp³-hybridized carbons (Fsp3) is 0.632. The van der Waals surface area contributed by atoms with Gasteiger partial charge in [0.15, 0.2) is 0 Å². The van der Waals surface area contributed by atoms with Crippen LogP contribution >= 0.6 is 24.0 Å². The summed E-state index contributed by atoms with van der Waals surface area (Å²) < 4.78 is 11.0. The Bertz CT molecular complexity index is 564. The van der Waals surface area contributed by atoms with Crippen molar-refractivity contribution in [3.63, 3.8) is 0 Å². The number of rotatable bonds is 9. The molecule has 1 aromatic rings. The number of carbonyl (C=O) groups is 1. The van der Waals surface area contributed by atoms with Gasteiger partial charge >= 0.3 is 0 Å². The van der Waals surface area contributed by atoms with E-state index in [1.165, 1.54) is 6.42 Å². The summed E-state index contributed by atoms with van der Waals surface area (Å²) >= 11 is 6.08. The Morgan fingerprint density at radius 2 is 2.00 bits per heavy atom. The molecule has 0 atom stereocenters. The first-order chi connectivity index (χ1) is 12.1. The van der Waals surface area contributed by atoms with E-state index in [2.05, 4.69) is 5.32 Å². The molecule has 1 saturated carbocycles. The molecule has 148 valence electrons. The van der Waals surface area contributed by atoms with Gasteiger partial charge < -0.3 is 20.5 Å². The predicted molar refractivity (Wildman–Crippen MR) is 109 cm³/mol. The van der Waals surface area contributed by atoms with Gasteiger partial charge in [0.05, 0.1) is 12.3 Å². The molecule has 3 N–H and O–H groups in total. The molecule has 0 unspecified atom stereocenters. The number of nitrogens with two attached hydrogens (primary N) is 1. The molecule has 1 aliphatic rings. The lowest BCUT2D eigenvalue weighted by molar-refractivity contribution is -0.118. The van der Waals surface area contributed by atoms with Gasteiger partial charge in [0.1, 0.15) is 12.4 Å². The summed E-state index contributed by atoms with van der Waals surface area (Å²) in [4.78, 5) is 12.6. The maximum absolute atomic E-state index is 12.6. The lowest BCUT2D eigenvalue weighted by atomic mass is 9.71. The second-order valence-electron chi connectivity index (χ2n) is 6.68. The van der Waals surface area contributed by atoms with Crippen LogP contribution in [0.1, 0.15) is 45.4 Å². The van der Waals surface area contributed by atoms with Crippen LogP contribution in [0.3, 0.4) is 0 Å². The third-order valence-corrected chi connectivity index (χ3v) is 5.02. The predicted octanol–water partition coefficient (Wildman–Crippen LogP) is 4.41. The number of ether oxygens (including phenoxy) is 2. The highest BCUT2D eigenvalue weighted by Crippen LogP contribution is 2.39. The third kappa shape index (κ3) is 6.95. The number of nitrogens with one attached hydrogen (secondary N) is 1. The number of amides is 1. The monoisotopic (exact) mass is 404 g/mol. The first-order valence-electron chi connectivity index (χ1n) is 9.08. The molecule has 1 amide bonds. The quantitative estimate of drug-likeness (QED) is 0.597. The second-order valence-corrected chi connectivity index (χ2v) is 7.11. The average Bonchev–Trinajstić information content (AvgIpc) is 2.61. The Morgan fingerprint density at radius 3 is 2.65 bits per heavy atom. The molecule has 1 aromatic carbocycles. The maximum atomic E-state index is 12.6. The molecular weight excluding hydrogens is 375 g/mol. The number of halogens is 2. The van der Waals surface area contributed by atoms with E-state index in [0.29, 0.717) is 49.2 Å². The third-order valence-electron chi connectivity index (χ3n) is 4.79. The van der Waals surface area contributed by atoms with Gasteiger partial charge in [0.25, 0.3) is 0 Å². The normalized spacial score (nSPS) is 15.8. The number of anilines is 1. The molecule has 0 aliphatic heterocycles. The summed E-state index contributed by atoms with van der Waals surface area (Å²) in [6.45, 7) is 4.06. The van der Waals surface area contributed by atoms with Gasteiger partial charge in [-0.2, -0.15) is 0 Å². The van der Waals surface area contributed by atoms with Crippen molar-refractivity contribution in [1.82, 2.24) is 0 Å². The Morgan fingerprint density at radius 1 is 1.27 bits per heavy atom. The SMILES string of the molecule is CCOCCOc1ccc(Cl)cc1NC(=O)CC1(CN)CCCCC1.Cl. The molecule has 0 aromatic heterocycles. The van der Waals surface area contributed by atoms with Crippen molar-refractivity contribution < 1.29 is 14.3 Å². The van der Waals surface area contributed by atoms with Gasteiger partial charge in [0.2, 0.25) is 5.91 Å². The van der Waals surface area contributed by atoms with E-state index in [0.717, 1.165) is 25.7 Å². The molecule has 0 bridgehead atoms. The zero-order valence-corrected chi connectivity index (χ0v) is 17.0. The van der Waals surface area contributed by atoms with Crippen LogP contribution in [0.15, 0.2) is 18.2 Å². The Balaban J connectivity index is 0.00000338. The van der Waals surface area contributed by atoms with Gasteiger partial charge in [0, 0.05) is 18.1 Å². The fourth-order valence-corrected chi connectivity index (χ4v) is 3.54. The molecule has 1 aliphatic carbocycles. The first-order valence-corrected chi connectivity index (χ1v) is 9.46. The lowest BCUT2D eigenvalue weighted by Crippen LogP contribution is -2.36. The van der Waals surface area contributed by atoms with Crippen molar-refractivity contribution in [2.24, 2.45) is 11.1 Å². The highest BCUT2D eigenvalue weighted by atomic mass is 35.5. The molecule has 0 heterocycles. The van der Waals surface area contributed by atoms with Crippen LogP contribution in [0.4, 0.5) is 5.69 Å². The molecule has 0 spiro atoms. The van der Waals surface area contributed by atoms with Crippen LogP contribution in [0.5, 0.6) is 5.75 Å². The molecule has 2 rings (SSSR count). The van der Waals surface area contributed by atoms with Crippen LogP contribution in [-0.2, 0) is 9.53 Å². The molecule has 0 saturated heterocycles. The standard InChI is InChI=1S/C19H29ClN2O3.ClH/c1-2-24-10-11-25-17-7-6-15(20)12-16(17)22-18(23)13-19(14-21)8-4-3-5-9-19;/h6-7,12H,2-5,8-11,13-14,21H2,1H3,(H,22,23);1H. The Hall–Kier alpha value is -1.01. The summed E-state index contributed by atoms with van der Waals surface area (Å²) in [6, 6.07) is 5.23. The van der Waals surface area contributed by atoms with Gasteiger partial charge in [-0.05, 0) is 49.9 Å². The minimum absolute atomic E-state index is 0. The summed E-state index contributed by atoms with van der Waals surface area (Å²) in [7, 11) is 0. The molecule has 1 fully saturated rings. The minimum Gasteiger partial charge on any atom is -0.489 e. The number of carbonyl (C=O) groups excluding carboxylic acids is 1. The average molecular weight is 405 g/mol. The van der Waals surface area contributed by atoms with E-state index in [1.807, 2.05) is 6.92 Å². The van der Waals surface area contributed by atoms with E-state index < -0.39 is 0 Å². The summed E-state index contributed by atoms with van der Waals surface area (Å²) in [5.41, 5.74) is 6.51. The van der Waals surface area contributed by atoms with Crippen molar-refractivity contribution in [2.75, 3.05) is 31.7 Å². The summed E-state index contributed by atoms with van der Waals surface area (Å²) in [5, 5.41) is 3.51. The van der Waals surface area contributed by atoms with Crippen LogP contribution < -0.4 is 15.8 Å². The molecule has 0 radical (unpaired) electrons. The topological polar surface area (TPSA) is 73.6 Å². The number of benzene rings is 1. The van der Waals surface area contributed by atoms with Gasteiger partial charge in [-0.3, -0.25) is 4.79 Å². The van der Waals surface area contributed by atoms with Gasteiger partial charge in [-0.25, -0.2) is 0 Å².